The van der Waals surface area contributed by atoms with Crippen LogP contribution in [0.4, 0.5) is 0 Å². The van der Waals surface area contributed by atoms with Gasteiger partial charge < -0.3 is 0 Å². The van der Waals surface area contributed by atoms with Crippen molar-refractivity contribution in [1.82, 2.24) is 0 Å². The van der Waals surface area contributed by atoms with Crippen LogP contribution in [0, 0.1) is 242 Å². The van der Waals surface area contributed by atoms with Crippen LogP contribution in [0.25, 0.3) is 0 Å². The average molecular weight is 1710 g/mol. The quantitative estimate of drug-likeness (QED) is 0.227. The molecule has 41 rings (SSSR count). The molecule has 1 spiro atoms. The van der Waals surface area contributed by atoms with Gasteiger partial charge in [-0.15, -0.1) is 0 Å². The van der Waals surface area contributed by atoms with E-state index in [-0.39, 0.29) is 0 Å². The fourth-order valence-electron chi connectivity index (χ4n) is 42.3. The highest BCUT2D eigenvalue weighted by atomic mass is 14.8. The first-order valence-electron chi connectivity index (χ1n) is 61.8. The molecular weight excluding hydrogens is 1500 g/mol. The second-order valence-corrected chi connectivity index (χ2v) is 56.2. The van der Waals surface area contributed by atoms with Crippen LogP contribution in [0.2, 0.25) is 0 Å². The van der Waals surface area contributed by atoms with Gasteiger partial charge in [0.05, 0.1) is 0 Å². The van der Waals surface area contributed by atoms with Crippen LogP contribution in [-0.2, 0) is 0 Å². The van der Waals surface area contributed by atoms with Crippen LogP contribution in [0.5, 0.6) is 0 Å². The zero-order valence-electron chi connectivity index (χ0n) is 83.0. The molecule has 41 fully saturated rings. The van der Waals surface area contributed by atoms with Crippen molar-refractivity contribution < 1.29 is 0 Å². The Bertz CT molecular complexity index is 2860. The van der Waals surface area contributed by atoms with Crippen LogP contribution < -0.4 is 0 Å². The normalized spacial score (nSPS) is 52.2. The lowest BCUT2D eigenvalue weighted by atomic mass is 9.56. The number of rotatable bonds is 0. The van der Waals surface area contributed by atoms with Crippen molar-refractivity contribution in [3.63, 3.8) is 0 Å². The number of hydrogen-bond donors (Lipinski definition) is 0. The second-order valence-electron chi connectivity index (χ2n) is 56.2. The van der Waals surface area contributed by atoms with Crippen molar-refractivity contribution >= 4 is 0 Å². The molecule has 125 heavy (non-hydrogen) atoms. The molecule has 0 aromatic rings. The van der Waals surface area contributed by atoms with Crippen LogP contribution in [0.15, 0.2) is 0 Å². The minimum atomic E-state index is 0.922. The first-order valence-corrected chi connectivity index (χ1v) is 61.8. The zero-order chi connectivity index (χ0) is 83.0. The molecule has 41 aliphatic rings. The zero-order valence-corrected chi connectivity index (χ0v) is 83.0. The lowest BCUT2D eigenvalue weighted by molar-refractivity contribution is 0.0198. The Labute approximate surface area is 776 Å². The molecule has 30 bridgehead atoms. The van der Waals surface area contributed by atoms with E-state index in [0.717, 1.165) is 76.4 Å². The maximum absolute atomic E-state index is 1.65. The van der Waals surface area contributed by atoms with Crippen molar-refractivity contribution in [2.45, 2.75) is 539 Å². The van der Waals surface area contributed by atoms with Gasteiger partial charge in [0.15, 0.2) is 0 Å². The Balaban J connectivity index is 0.0000000806. The van der Waals surface area contributed by atoms with Crippen molar-refractivity contribution in [3.8, 4) is 0 Å². The summed E-state index contributed by atoms with van der Waals surface area (Å²) in [4.78, 5) is 0. The van der Waals surface area contributed by atoms with Gasteiger partial charge in [0.25, 0.3) is 0 Å². The Morgan fingerprint density at radius 2 is 0.288 bits per heavy atom. The lowest BCUT2D eigenvalue weighted by Gasteiger charge is -2.49. The maximum atomic E-state index is 1.65. The molecule has 41 saturated carbocycles. The Morgan fingerprint density at radius 3 is 0.488 bits per heavy atom. The molecule has 708 valence electrons. The fraction of sp³-hybridized carbons (Fsp3) is 1.00. The van der Waals surface area contributed by atoms with E-state index in [2.05, 4.69) is 0 Å². The van der Waals surface area contributed by atoms with Crippen molar-refractivity contribution in [3.05, 3.63) is 0 Å². The number of fused-ring (bicyclic) bond motifs is 51. The van der Waals surface area contributed by atoms with E-state index in [1.54, 1.807) is 449 Å². The standard InChI is InChI=1S/C13H20.C12H22.2C11H20.2C10H16.2C10H18.C9H14.C8H12.C8H14.C7H10.C6H8/c1-3-11-5-9(1)7-13(11)8-10-2-4-12(13)6-10;1-2-6-12-9-3-7-11(5-1)8-4-10-12;1-4-10-6-2-7-11(5-1)9-3-8-10;1-2-5-11-7-3-6-10(4-1)8-9-11;1-7-2-9-4-8(1)5-10(3-7)6-9;1-2-9-7-4-5-8(6-7)10(9)3-1;1-3-9-5-2-6-10(4-1)8-7-9;1-2-4-10-7-5-9(3-1)6-8-10;1-2-7-5-6(1)8-3-4-9(7)8;1-2-6-3-5(1)7-4-8(6)7;1-2-8-5-3-7(1)4-6-8;1-2-4-6-5(3-1)7(4)6;1-2-4-5-3(1)6(4)5/h9-12H,1-8H2;11-12H,1-10H2;2*10-11H,1-9H2;2*7-10H,1-6H2;2*9-10H,1-8H2;6-9H,1-5H2;5-8H,1-4H2;7-8H,1-6H2;4-7H,1-3H2;3-6H,1-2H2. The molecule has 0 aromatic heterocycles. The molecule has 0 saturated heterocycles. The van der Waals surface area contributed by atoms with E-state index < -0.39 is 0 Å². The van der Waals surface area contributed by atoms with Crippen LogP contribution in [-0.4, -0.2) is 0 Å². The predicted molar refractivity (Wildman–Crippen MR) is 530 cm³/mol. The molecule has 0 nitrogen and oxygen atoms in total. The molecule has 41 aliphatic carbocycles. The van der Waals surface area contributed by atoms with Crippen LogP contribution in [0.3, 0.4) is 0 Å². The Hall–Kier alpha value is 0. The SMILES string of the molecule is C1C2CC3CC1CC(C2)C3.C1CC2C3C(C1)C23.C1CC2C3C1C23.C1CC2C3CCC(C3)C2C1.C1CC2CC1C1CC21.C1CC2CC1C1CCC21.C1CC2CC1CC21CC2CCC1C2.C1CC2CCC1CC2.C1CC2CCCC(C1)CC2.C1CC2CCCC(C1)CCC2.C1CCC2CCC(C1)CC2.C1CCC2CCCC(C1)CC2.C1CCC2CCCC(C1)CCC2. The summed E-state index contributed by atoms with van der Waals surface area (Å²) < 4.78 is 0. The molecule has 0 heterocycles. The van der Waals surface area contributed by atoms with Crippen LogP contribution >= 0.6 is 0 Å². The molecule has 0 amide bonds. The van der Waals surface area contributed by atoms with E-state index in [4.69, 9.17) is 0 Å². The summed E-state index contributed by atoms with van der Waals surface area (Å²) in [5.74, 6) is 47.8. The smallest absolute Gasteiger partial charge is 0.0235 e. The molecule has 0 heteroatoms. The van der Waals surface area contributed by atoms with Gasteiger partial charge in [-0.05, 0) is 435 Å². The van der Waals surface area contributed by atoms with Crippen molar-refractivity contribution in [1.29, 1.82) is 0 Å². The van der Waals surface area contributed by atoms with E-state index in [1.165, 1.54) is 256 Å². The van der Waals surface area contributed by atoms with E-state index in [1.807, 2.05) is 0 Å². The maximum Gasteiger partial charge on any atom is -0.0235 e. The molecule has 0 aliphatic heterocycles. The highest BCUT2D eigenvalue weighted by Crippen LogP contribution is 2.82. The third-order valence-electron chi connectivity index (χ3n) is 49.4. The minimum Gasteiger partial charge on any atom is -0.0530 e. The van der Waals surface area contributed by atoms with E-state index in [0.29, 0.717) is 0 Å². The highest BCUT2D eigenvalue weighted by Gasteiger charge is 2.76. The molecule has 0 radical (unpaired) electrons. The van der Waals surface area contributed by atoms with Gasteiger partial charge in [-0.3, -0.25) is 0 Å². The Kier molecular flexibility index (Phi) is 30.7. The first kappa shape index (κ1) is 90.2. The summed E-state index contributed by atoms with van der Waals surface area (Å²) in [6.45, 7) is 0. The monoisotopic (exact) mass is 1710 g/mol. The Morgan fingerprint density at radius 1 is 0.104 bits per heavy atom. The van der Waals surface area contributed by atoms with Crippen molar-refractivity contribution in [2.24, 2.45) is 242 Å². The van der Waals surface area contributed by atoms with Gasteiger partial charge in [0, 0.05) is 0 Å². The third kappa shape index (κ3) is 22.4. The van der Waals surface area contributed by atoms with Gasteiger partial charge >= 0.3 is 0 Å². The topological polar surface area (TPSA) is 0 Å². The fourth-order valence-corrected chi connectivity index (χ4v) is 42.3. The lowest BCUT2D eigenvalue weighted by Crippen LogP contribution is -2.38. The third-order valence-corrected chi connectivity index (χ3v) is 49.4. The molecule has 18 atom stereocenters. The van der Waals surface area contributed by atoms with Gasteiger partial charge in [-0.2, -0.15) is 0 Å². The van der Waals surface area contributed by atoms with E-state index >= 15 is 0 Å². The second kappa shape index (κ2) is 42.5. The van der Waals surface area contributed by atoms with Gasteiger partial charge in [-0.1, -0.05) is 347 Å². The summed E-state index contributed by atoms with van der Waals surface area (Å²) in [5, 5.41) is 0. The molecule has 0 N–H and O–H groups in total. The molecule has 0 aromatic carbocycles. The predicted octanol–water partition coefficient (Wildman–Crippen LogP) is 37.7. The minimum absolute atomic E-state index is 0.922. The van der Waals surface area contributed by atoms with Gasteiger partial charge in [0.2, 0.25) is 0 Å². The first-order chi connectivity index (χ1) is 61.8. The molecular formula is C125H208. The largest absolute Gasteiger partial charge is 0.0530 e. The summed E-state index contributed by atoms with van der Waals surface area (Å²) in [7, 11) is 0. The number of hydrogen-bond acceptors (Lipinski definition) is 0. The average Bonchev–Trinajstić information content (AvgIpc) is 1.52. The summed E-state index contributed by atoms with van der Waals surface area (Å²) in [6, 6.07) is 0. The van der Waals surface area contributed by atoms with Gasteiger partial charge in [0.1, 0.15) is 0 Å². The summed E-state index contributed by atoms with van der Waals surface area (Å²) in [6.07, 6.45) is 132. The van der Waals surface area contributed by atoms with Crippen molar-refractivity contribution in [2.75, 3.05) is 0 Å². The van der Waals surface area contributed by atoms with Crippen LogP contribution in [0.1, 0.15) is 539 Å². The van der Waals surface area contributed by atoms with E-state index in [9.17, 15) is 0 Å². The summed E-state index contributed by atoms with van der Waals surface area (Å²) >= 11 is 0. The summed E-state index contributed by atoms with van der Waals surface area (Å²) in [5.41, 5.74) is 0.922. The van der Waals surface area contributed by atoms with Gasteiger partial charge in [-0.25, -0.2) is 0 Å². The molecule has 18 unspecified atom stereocenters. The highest BCUT2D eigenvalue weighted by molar-refractivity contribution is 5.24.